The first kappa shape index (κ1) is 15.3. The lowest BCUT2D eigenvalue weighted by atomic mass is 10.2. The first-order valence-electron chi connectivity index (χ1n) is 4.88. The van der Waals surface area contributed by atoms with Gasteiger partial charge in [0, 0.05) is 20.1 Å². The number of carbonyl (C=O) groups is 1. The third-order valence-electron chi connectivity index (χ3n) is 1.91. The topological polar surface area (TPSA) is 81.7 Å². The van der Waals surface area contributed by atoms with Crippen molar-refractivity contribution in [2.75, 3.05) is 27.4 Å². The van der Waals surface area contributed by atoms with Gasteiger partial charge in [-0.15, -0.1) is 0 Å². The van der Waals surface area contributed by atoms with E-state index in [1.807, 2.05) is 4.72 Å². The molecule has 0 aliphatic heterocycles. The number of amides is 1. The van der Waals surface area contributed by atoms with Crippen molar-refractivity contribution in [2.24, 2.45) is 5.92 Å². The summed E-state index contributed by atoms with van der Waals surface area (Å²) in [5.41, 5.74) is 0. The Labute approximate surface area is 96.4 Å². The molecule has 7 heteroatoms. The Morgan fingerprint density at radius 3 is 1.94 bits per heavy atom. The van der Waals surface area contributed by atoms with Crippen LogP contribution in [-0.2, 0) is 24.3 Å². The lowest BCUT2D eigenvalue weighted by Gasteiger charge is -2.17. The molecule has 0 aliphatic carbocycles. The third kappa shape index (κ3) is 4.91. The molecule has 16 heavy (non-hydrogen) atoms. The van der Waals surface area contributed by atoms with E-state index in [1.54, 1.807) is 13.8 Å². The second-order valence-electron chi connectivity index (χ2n) is 3.70. The van der Waals surface area contributed by atoms with Crippen LogP contribution in [0.5, 0.6) is 0 Å². The van der Waals surface area contributed by atoms with Crippen molar-refractivity contribution in [3.05, 3.63) is 0 Å². The number of methoxy groups -OCH3 is 2. The smallest absolute Gasteiger partial charge is 0.242 e. The van der Waals surface area contributed by atoms with Crippen LogP contribution in [-0.4, -0.2) is 47.0 Å². The molecule has 0 rings (SSSR count). The van der Waals surface area contributed by atoms with Gasteiger partial charge in [0.15, 0.2) is 0 Å². The molecule has 0 bridgehead atoms. The molecule has 1 N–H and O–H groups in total. The predicted octanol–water partition coefficient (Wildman–Crippen LogP) is -0.250. The zero-order valence-electron chi connectivity index (χ0n) is 10.0. The summed E-state index contributed by atoms with van der Waals surface area (Å²) >= 11 is 0. The number of carbonyl (C=O) groups excluding carboxylic acids is 1. The maximum atomic E-state index is 11.7. The second kappa shape index (κ2) is 6.82. The maximum absolute atomic E-state index is 11.7. The normalized spacial score (nSPS) is 12.1. The van der Waals surface area contributed by atoms with Gasteiger partial charge in [-0.2, -0.15) is 0 Å². The minimum absolute atomic E-state index is 0.0193. The highest BCUT2D eigenvalue weighted by Crippen LogP contribution is 2.03. The van der Waals surface area contributed by atoms with E-state index in [9.17, 15) is 13.2 Å². The van der Waals surface area contributed by atoms with Gasteiger partial charge in [0.25, 0.3) is 0 Å². The van der Waals surface area contributed by atoms with Crippen LogP contribution in [0.4, 0.5) is 0 Å². The van der Waals surface area contributed by atoms with Crippen LogP contribution in [0.1, 0.15) is 13.8 Å². The number of hydrogen-bond donors (Lipinski definition) is 1. The standard InChI is InChI=1S/C9H19NO5S/c1-7(2)9(11)10-16(12,13)8(5-14-3)6-15-4/h7-8H,5-6H2,1-4H3,(H,10,11). The van der Waals surface area contributed by atoms with Crippen molar-refractivity contribution in [1.82, 2.24) is 4.72 Å². The summed E-state index contributed by atoms with van der Waals surface area (Å²) in [7, 11) is -0.958. The predicted molar refractivity (Wildman–Crippen MR) is 59.4 cm³/mol. The number of nitrogens with one attached hydrogen (secondary N) is 1. The van der Waals surface area contributed by atoms with Crippen LogP contribution < -0.4 is 4.72 Å². The molecule has 0 atom stereocenters. The molecule has 0 unspecified atom stereocenters. The Hall–Kier alpha value is -0.660. The molecule has 0 aromatic rings. The number of sulfonamides is 1. The average molecular weight is 253 g/mol. The molecule has 0 aromatic carbocycles. The maximum Gasteiger partial charge on any atom is 0.242 e. The van der Waals surface area contributed by atoms with Crippen LogP contribution in [0.2, 0.25) is 0 Å². The highest BCUT2D eigenvalue weighted by molar-refractivity contribution is 7.90. The van der Waals surface area contributed by atoms with Gasteiger partial charge in [-0.05, 0) is 0 Å². The van der Waals surface area contributed by atoms with E-state index in [0.717, 1.165) is 0 Å². The molecule has 0 saturated heterocycles. The molecular formula is C9H19NO5S. The number of hydrogen-bond acceptors (Lipinski definition) is 5. The molecule has 0 aromatic heterocycles. The Bertz CT molecular complexity index is 306. The molecule has 0 aliphatic rings. The molecule has 96 valence electrons. The average Bonchev–Trinajstić information content (AvgIpc) is 2.16. The van der Waals surface area contributed by atoms with Crippen molar-refractivity contribution in [2.45, 2.75) is 19.1 Å². The SMILES string of the molecule is COCC(COC)S(=O)(=O)NC(=O)C(C)C. The van der Waals surface area contributed by atoms with E-state index in [4.69, 9.17) is 9.47 Å². The van der Waals surface area contributed by atoms with Crippen molar-refractivity contribution < 1.29 is 22.7 Å². The van der Waals surface area contributed by atoms with E-state index in [2.05, 4.69) is 0 Å². The van der Waals surface area contributed by atoms with Gasteiger partial charge in [0.05, 0.1) is 13.2 Å². The molecular weight excluding hydrogens is 234 g/mol. The van der Waals surface area contributed by atoms with Crippen LogP contribution >= 0.6 is 0 Å². The molecule has 0 spiro atoms. The minimum Gasteiger partial charge on any atom is -0.383 e. The fraction of sp³-hybridized carbons (Fsp3) is 0.889. The fourth-order valence-electron chi connectivity index (χ4n) is 0.940. The summed E-state index contributed by atoms with van der Waals surface area (Å²) in [6.07, 6.45) is 0. The highest BCUT2D eigenvalue weighted by Gasteiger charge is 2.28. The monoisotopic (exact) mass is 253 g/mol. The molecule has 6 nitrogen and oxygen atoms in total. The molecule has 0 saturated carbocycles. The van der Waals surface area contributed by atoms with Crippen molar-refractivity contribution >= 4 is 15.9 Å². The van der Waals surface area contributed by atoms with Crippen molar-refractivity contribution in [3.8, 4) is 0 Å². The second-order valence-corrected chi connectivity index (χ2v) is 5.66. The van der Waals surface area contributed by atoms with Crippen LogP contribution in [0, 0.1) is 5.92 Å². The van der Waals surface area contributed by atoms with Gasteiger partial charge >= 0.3 is 0 Å². The summed E-state index contributed by atoms with van der Waals surface area (Å²) in [5, 5.41) is -0.884. The highest BCUT2D eigenvalue weighted by atomic mass is 32.2. The fourth-order valence-corrected chi connectivity index (χ4v) is 2.25. The summed E-state index contributed by atoms with van der Waals surface area (Å²) < 4.78 is 35.0. The molecule has 0 heterocycles. The molecule has 1 amide bonds. The largest absolute Gasteiger partial charge is 0.383 e. The minimum atomic E-state index is -3.74. The quantitative estimate of drug-likeness (QED) is 0.676. The summed E-state index contributed by atoms with van der Waals surface area (Å²) in [6.45, 7) is 3.20. The van der Waals surface area contributed by atoms with Gasteiger partial charge < -0.3 is 9.47 Å². The van der Waals surface area contributed by atoms with Gasteiger partial charge in [0.2, 0.25) is 15.9 Å². The lowest BCUT2D eigenvalue weighted by molar-refractivity contribution is -0.122. The number of ether oxygens (including phenoxy) is 2. The van der Waals surface area contributed by atoms with E-state index in [-0.39, 0.29) is 19.1 Å². The van der Waals surface area contributed by atoms with Gasteiger partial charge in [-0.1, -0.05) is 13.8 Å². The van der Waals surface area contributed by atoms with E-state index < -0.39 is 21.2 Å². The summed E-state index contributed by atoms with van der Waals surface area (Å²) in [6, 6.07) is 0. The van der Waals surface area contributed by atoms with Crippen LogP contribution in [0.3, 0.4) is 0 Å². The van der Waals surface area contributed by atoms with Gasteiger partial charge in [-0.25, -0.2) is 8.42 Å². The number of rotatable bonds is 7. The zero-order valence-corrected chi connectivity index (χ0v) is 10.8. The summed E-state index contributed by atoms with van der Waals surface area (Å²) in [4.78, 5) is 11.3. The van der Waals surface area contributed by atoms with Gasteiger partial charge in [-0.3, -0.25) is 9.52 Å². The zero-order chi connectivity index (χ0) is 12.8. The van der Waals surface area contributed by atoms with Crippen LogP contribution in [0.15, 0.2) is 0 Å². The Balaban J connectivity index is 4.65. The third-order valence-corrected chi connectivity index (χ3v) is 3.55. The Morgan fingerprint density at radius 1 is 1.19 bits per heavy atom. The molecule has 0 fully saturated rings. The van der Waals surface area contributed by atoms with E-state index >= 15 is 0 Å². The summed E-state index contributed by atoms with van der Waals surface area (Å²) in [5.74, 6) is -0.919. The first-order valence-corrected chi connectivity index (χ1v) is 6.43. The Kier molecular flexibility index (Phi) is 6.54. The van der Waals surface area contributed by atoms with Crippen molar-refractivity contribution in [3.63, 3.8) is 0 Å². The van der Waals surface area contributed by atoms with Crippen molar-refractivity contribution in [1.29, 1.82) is 0 Å². The van der Waals surface area contributed by atoms with Crippen LogP contribution in [0.25, 0.3) is 0 Å². The first-order chi connectivity index (χ1) is 7.35. The Morgan fingerprint density at radius 2 is 1.62 bits per heavy atom. The van der Waals surface area contributed by atoms with Gasteiger partial charge in [0.1, 0.15) is 5.25 Å². The lowest BCUT2D eigenvalue weighted by Crippen LogP contribution is -2.44. The molecule has 0 radical (unpaired) electrons. The van der Waals surface area contributed by atoms with E-state index in [0.29, 0.717) is 0 Å². The van der Waals surface area contributed by atoms with E-state index in [1.165, 1.54) is 14.2 Å².